The normalized spacial score (nSPS) is 9.60. The second-order valence-electron chi connectivity index (χ2n) is 3.54. The van der Waals surface area contributed by atoms with Gasteiger partial charge in [0, 0.05) is 0 Å². The Morgan fingerprint density at radius 3 is 2.33 bits per heavy atom. The van der Waals surface area contributed by atoms with E-state index >= 15 is 0 Å². The lowest BCUT2D eigenvalue weighted by Crippen LogP contribution is -2.29. The minimum absolute atomic E-state index is 0.463. The first-order valence-corrected chi connectivity index (χ1v) is 4.82. The van der Waals surface area contributed by atoms with Crippen molar-refractivity contribution >= 4 is 12.6 Å². The van der Waals surface area contributed by atoms with E-state index < -0.39 is 7.12 Å². The van der Waals surface area contributed by atoms with Crippen LogP contribution in [0.25, 0.3) is 0 Å². The average Bonchev–Trinajstić information content (AvgIpc) is 2.18. The van der Waals surface area contributed by atoms with Crippen LogP contribution >= 0.6 is 0 Å². The molecule has 0 fully saturated rings. The van der Waals surface area contributed by atoms with E-state index in [0.29, 0.717) is 12.1 Å². The van der Waals surface area contributed by atoms with Gasteiger partial charge >= 0.3 is 7.12 Å². The molecule has 4 heteroatoms. The number of hydrogen-bond acceptors (Lipinski definition) is 3. The van der Waals surface area contributed by atoms with E-state index in [1.165, 1.54) is 5.57 Å². The molecule has 0 atom stereocenters. The van der Waals surface area contributed by atoms with Crippen LogP contribution in [0, 0.1) is 0 Å². The van der Waals surface area contributed by atoms with Gasteiger partial charge in [0.05, 0.1) is 0 Å². The minimum atomic E-state index is -1.42. The van der Waals surface area contributed by atoms with E-state index in [2.05, 4.69) is 0 Å². The molecule has 0 saturated heterocycles. The molecule has 0 amide bonds. The zero-order valence-corrected chi connectivity index (χ0v) is 8.97. The van der Waals surface area contributed by atoms with Crippen molar-refractivity contribution in [3.8, 4) is 5.75 Å². The molecule has 0 aromatic heterocycles. The molecule has 80 valence electrons. The predicted molar refractivity (Wildman–Crippen MR) is 61.2 cm³/mol. The van der Waals surface area contributed by atoms with Gasteiger partial charge in [-0.2, -0.15) is 0 Å². The Hall–Kier alpha value is -1.26. The quantitative estimate of drug-likeness (QED) is 0.563. The van der Waals surface area contributed by atoms with E-state index in [1.807, 2.05) is 19.9 Å². The molecule has 0 aliphatic rings. The molecule has 0 bridgehead atoms. The molecule has 0 radical (unpaired) electrons. The van der Waals surface area contributed by atoms with E-state index in [4.69, 9.17) is 14.8 Å². The third kappa shape index (κ3) is 4.19. The third-order valence-corrected chi connectivity index (χ3v) is 1.92. The molecule has 0 saturated carbocycles. The third-order valence-electron chi connectivity index (χ3n) is 1.92. The molecule has 2 N–H and O–H groups in total. The largest absolute Gasteiger partial charge is 0.490 e. The van der Waals surface area contributed by atoms with Crippen LogP contribution in [0.15, 0.2) is 35.9 Å². The first kappa shape index (κ1) is 11.8. The van der Waals surface area contributed by atoms with Crippen molar-refractivity contribution in [2.24, 2.45) is 0 Å². The Morgan fingerprint density at radius 2 is 1.87 bits per heavy atom. The number of rotatable bonds is 4. The maximum atomic E-state index is 8.87. The summed E-state index contributed by atoms with van der Waals surface area (Å²) >= 11 is 0. The van der Waals surface area contributed by atoms with E-state index in [-0.39, 0.29) is 0 Å². The fourth-order valence-electron chi connectivity index (χ4n) is 1.04. The summed E-state index contributed by atoms with van der Waals surface area (Å²) in [5.74, 6) is 0.719. The number of allylic oxidation sites excluding steroid dienone is 1. The van der Waals surface area contributed by atoms with Crippen LogP contribution in [0.2, 0.25) is 0 Å². The molecule has 0 aliphatic heterocycles. The molecule has 1 aromatic carbocycles. The second-order valence-corrected chi connectivity index (χ2v) is 3.54. The van der Waals surface area contributed by atoms with Crippen molar-refractivity contribution in [1.82, 2.24) is 0 Å². The fraction of sp³-hybridized carbons (Fsp3) is 0.273. The summed E-state index contributed by atoms with van der Waals surface area (Å²) in [6.45, 7) is 4.55. The van der Waals surface area contributed by atoms with Gasteiger partial charge in [0.25, 0.3) is 0 Å². The molecule has 0 spiro atoms. The Bertz CT molecular complexity index is 326. The summed E-state index contributed by atoms with van der Waals surface area (Å²) in [6, 6.07) is 6.69. The molecule has 1 aromatic rings. The molecule has 3 nitrogen and oxygen atoms in total. The summed E-state index contributed by atoms with van der Waals surface area (Å²) in [5, 5.41) is 17.7. The van der Waals surface area contributed by atoms with Gasteiger partial charge in [-0.15, -0.1) is 0 Å². The fourth-order valence-corrected chi connectivity index (χ4v) is 1.04. The summed E-state index contributed by atoms with van der Waals surface area (Å²) < 4.78 is 5.41. The van der Waals surface area contributed by atoms with Crippen molar-refractivity contribution in [2.45, 2.75) is 13.8 Å². The Balaban J connectivity index is 2.53. The molecule has 15 heavy (non-hydrogen) atoms. The van der Waals surface area contributed by atoms with Gasteiger partial charge < -0.3 is 14.8 Å². The van der Waals surface area contributed by atoms with Crippen molar-refractivity contribution in [2.75, 3.05) is 6.61 Å². The lowest BCUT2D eigenvalue weighted by Gasteiger charge is -2.04. The van der Waals surface area contributed by atoms with Crippen LogP contribution in [0.1, 0.15) is 13.8 Å². The maximum absolute atomic E-state index is 8.87. The summed E-state index contributed by atoms with van der Waals surface area (Å²) in [6.07, 6.45) is 1.98. The molecule has 0 heterocycles. The van der Waals surface area contributed by atoms with Crippen molar-refractivity contribution in [3.05, 3.63) is 35.9 Å². The second kappa shape index (κ2) is 5.58. The zero-order chi connectivity index (χ0) is 11.3. The summed E-state index contributed by atoms with van der Waals surface area (Å²) in [7, 11) is -1.42. The summed E-state index contributed by atoms with van der Waals surface area (Å²) in [4.78, 5) is 0. The molecule has 0 unspecified atom stereocenters. The van der Waals surface area contributed by atoms with E-state index in [9.17, 15) is 0 Å². The minimum Gasteiger partial charge on any atom is -0.490 e. The van der Waals surface area contributed by atoms with E-state index in [0.717, 1.165) is 5.75 Å². The molecule has 1 rings (SSSR count). The highest BCUT2D eigenvalue weighted by Crippen LogP contribution is 2.07. The van der Waals surface area contributed by atoms with Crippen LogP contribution in [0.3, 0.4) is 0 Å². The number of hydrogen-bond donors (Lipinski definition) is 2. The number of ether oxygens (including phenoxy) is 1. The summed E-state index contributed by atoms with van der Waals surface area (Å²) in [5.41, 5.74) is 1.67. The van der Waals surface area contributed by atoms with Gasteiger partial charge in [-0.3, -0.25) is 0 Å². The lowest BCUT2D eigenvalue weighted by molar-refractivity contribution is 0.362. The van der Waals surface area contributed by atoms with Crippen LogP contribution in [-0.4, -0.2) is 23.8 Å². The molecular weight excluding hydrogens is 191 g/mol. The smallest absolute Gasteiger partial charge is 0.488 e. The van der Waals surface area contributed by atoms with Crippen LogP contribution in [0.5, 0.6) is 5.75 Å². The van der Waals surface area contributed by atoms with Crippen molar-refractivity contribution in [1.29, 1.82) is 0 Å². The van der Waals surface area contributed by atoms with Crippen molar-refractivity contribution < 1.29 is 14.8 Å². The topological polar surface area (TPSA) is 49.7 Å². The van der Waals surface area contributed by atoms with Crippen LogP contribution in [-0.2, 0) is 0 Å². The number of benzene rings is 1. The lowest BCUT2D eigenvalue weighted by atomic mass is 9.80. The first-order chi connectivity index (χ1) is 7.09. The first-order valence-electron chi connectivity index (χ1n) is 4.82. The van der Waals surface area contributed by atoms with Gasteiger partial charge in [-0.1, -0.05) is 17.7 Å². The highest BCUT2D eigenvalue weighted by molar-refractivity contribution is 6.58. The highest BCUT2D eigenvalue weighted by atomic mass is 16.5. The highest BCUT2D eigenvalue weighted by Gasteiger charge is 2.09. The monoisotopic (exact) mass is 206 g/mol. The predicted octanol–water partition coefficient (Wildman–Crippen LogP) is 0.711. The van der Waals surface area contributed by atoms with Gasteiger partial charge in [-0.05, 0) is 37.5 Å². The Kier molecular flexibility index (Phi) is 4.40. The van der Waals surface area contributed by atoms with Crippen LogP contribution < -0.4 is 10.2 Å². The Morgan fingerprint density at radius 1 is 1.27 bits per heavy atom. The Labute approximate surface area is 90.2 Å². The SMILES string of the molecule is CC(C)=CCOc1ccc(B(O)O)cc1. The maximum Gasteiger partial charge on any atom is 0.488 e. The van der Waals surface area contributed by atoms with Gasteiger partial charge in [0.2, 0.25) is 0 Å². The van der Waals surface area contributed by atoms with Crippen molar-refractivity contribution in [3.63, 3.8) is 0 Å². The van der Waals surface area contributed by atoms with Gasteiger partial charge in [0.15, 0.2) is 0 Å². The van der Waals surface area contributed by atoms with Crippen LogP contribution in [0.4, 0.5) is 0 Å². The average molecular weight is 206 g/mol. The van der Waals surface area contributed by atoms with E-state index in [1.54, 1.807) is 24.3 Å². The molecular formula is C11H15BO3. The molecule has 0 aliphatic carbocycles. The van der Waals surface area contributed by atoms with Gasteiger partial charge in [-0.25, -0.2) is 0 Å². The zero-order valence-electron chi connectivity index (χ0n) is 8.97. The van der Waals surface area contributed by atoms with Gasteiger partial charge in [0.1, 0.15) is 12.4 Å². The standard InChI is InChI=1S/C11H15BO3/c1-9(2)7-8-15-11-5-3-10(4-6-11)12(13)14/h3-7,13-14H,8H2,1-2H3.